The second-order valence-corrected chi connectivity index (χ2v) is 7.40. The average Bonchev–Trinajstić information content (AvgIpc) is 3.42. The third-order valence-electron chi connectivity index (χ3n) is 5.33. The zero-order valence-electron chi connectivity index (χ0n) is 17.4. The van der Waals surface area contributed by atoms with E-state index in [2.05, 4.69) is 15.8 Å². The minimum Gasteiger partial charge on any atom is -0.480 e. The number of rotatable bonds is 8. The minimum atomic E-state index is -1.46. The maximum Gasteiger partial charge on any atom is 0.407 e. The molecule has 0 radical (unpaired) electrons. The van der Waals surface area contributed by atoms with Crippen molar-refractivity contribution in [2.75, 3.05) is 13.2 Å². The highest BCUT2D eigenvalue weighted by Crippen LogP contribution is 2.44. The summed E-state index contributed by atoms with van der Waals surface area (Å²) >= 11 is 0. The van der Waals surface area contributed by atoms with E-state index >= 15 is 0 Å². The number of carbonyl (C=O) groups is 3. The lowest BCUT2D eigenvalue weighted by atomic mass is 9.98. The number of amides is 2. The van der Waals surface area contributed by atoms with Gasteiger partial charge in [0.2, 0.25) is 0 Å². The van der Waals surface area contributed by atoms with Crippen LogP contribution in [-0.4, -0.2) is 52.6 Å². The predicted octanol–water partition coefficient (Wildman–Crippen LogP) is 1.89. The number of hydrogen-bond donors (Lipinski definition) is 4. The van der Waals surface area contributed by atoms with Gasteiger partial charge in [-0.2, -0.15) is 0 Å². The van der Waals surface area contributed by atoms with Gasteiger partial charge in [0.15, 0.2) is 17.5 Å². The molecular weight excluding hydrogens is 430 g/mol. The molecule has 2 aromatic carbocycles. The number of alkyl carbamates (subject to hydrolysis) is 1. The number of carbonyl (C=O) groups excluding carboxylic acids is 2. The van der Waals surface area contributed by atoms with E-state index in [4.69, 9.17) is 19.5 Å². The first-order valence-corrected chi connectivity index (χ1v) is 10.2. The van der Waals surface area contributed by atoms with E-state index in [0.717, 1.165) is 22.3 Å². The molecule has 0 saturated heterocycles. The lowest BCUT2D eigenvalue weighted by Gasteiger charge is -2.14. The molecule has 0 fully saturated rings. The average molecular weight is 451 g/mol. The van der Waals surface area contributed by atoms with Crippen LogP contribution in [0, 0.1) is 0 Å². The number of aliphatic carboxylic acids is 1. The summed E-state index contributed by atoms with van der Waals surface area (Å²) in [6.45, 7) is -0.698. The van der Waals surface area contributed by atoms with Gasteiger partial charge in [0.25, 0.3) is 5.91 Å². The van der Waals surface area contributed by atoms with Crippen molar-refractivity contribution >= 4 is 18.0 Å². The Morgan fingerprint density at radius 1 is 1.06 bits per heavy atom. The highest BCUT2D eigenvalue weighted by Gasteiger charge is 2.29. The number of nitrogens with one attached hydrogen (secondary N) is 2. The number of nitrogens with zero attached hydrogens (tertiary/aromatic N) is 1. The molecule has 0 spiro atoms. The van der Waals surface area contributed by atoms with Crippen LogP contribution < -0.4 is 10.6 Å². The van der Waals surface area contributed by atoms with Crippen molar-refractivity contribution in [3.63, 3.8) is 0 Å². The zero-order valence-corrected chi connectivity index (χ0v) is 17.4. The molecule has 0 bridgehead atoms. The Morgan fingerprint density at radius 3 is 2.30 bits per heavy atom. The Kier molecular flexibility index (Phi) is 6.36. The fourth-order valence-corrected chi connectivity index (χ4v) is 3.73. The first kappa shape index (κ1) is 22.0. The van der Waals surface area contributed by atoms with E-state index in [1.165, 1.54) is 6.07 Å². The van der Waals surface area contributed by atoms with Gasteiger partial charge in [0.05, 0.1) is 13.2 Å². The van der Waals surface area contributed by atoms with Gasteiger partial charge in [-0.1, -0.05) is 53.7 Å². The summed E-state index contributed by atoms with van der Waals surface area (Å²) in [4.78, 5) is 35.1. The maximum atomic E-state index is 12.2. The highest BCUT2D eigenvalue weighted by molar-refractivity contribution is 5.95. The lowest BCUT2D eigenvalue weighted by molar-refractivity contribution is -0.140. The molecule has 170 valence electrons. The summed E-state index contributed by atoms with van der Waals surface area (Å²) in [7, 11) is 0. The van der Waals surface area contributed by atoms with Gasteiger partial charge in [-0.3, -0.25) is 4.79 Å². The molecule has 1 heterocycles. The van der Waals surface area contributed by atoms with E-state index in [1.807, 2.05) is 48.5 Å². The number of carboxylic acids is 1. The third-order valence-corrected chi connectivity index (χ3v) is 5.33. The monoisotopic (exact) mass is 451 g/mol. The van der Waals surface area contributed by atoms with E-state index in [0.29, 0.717) is 0 Å². The Bertz CT molecular complexity index is 1140. The molecule has 4 N–H and O–H groups in total. The molecule has 0 aliphatic heterocycles. The second kappa shape index (κ2) is 9.53. The molecule has 2 amide bonds. The summed E-state index contributed by atoms with van der Waals surface area (Å²) in [5.74, 6) is -2.11. The predicted molar refractivity (Wildman–Crippen MR) is 114 cm³/mol. The molecular formula is C23H21N3O7. The van der Waals surface area contributed by atoms with Gasteiger partial charge in [-0.25, -0.2) is 9.59 Å². The molecule has 1 atom stereocenters. The van der Waals surface area contributed by atoms with Gasteiger partial charge in [-0.15, -0.1) is 0 Å². The van der Waals surface area contributed by atoms with Crippen LogP contribution in [0.1, 0.15) is 33.3 Å². The van der Waals surface area contributed by atoms with Crippen LogP contribution in [0.4, 0.5) is 4.79 Å². The van der Waals surface area contributed by atoms with Crippen LogP contribution in [-0.2, 0) is 16.1 Å². The van der Waals surface area contributed by atoms with Crippen LogP contribution >= 0.6 is 0 Å². The summed E-state index contributed by atoms with van der Waals surface area (Å²) in [6, 6.07) is 15.8. The fraction of sp³-hybridized carbons (Fsp3) is 0.217. The normalized spacial score (nSPS) is 13.0. The highest BCUT2D eigenvalue weighted by atomic mass is 16.5. The number of aliphatic hydroxyl groups is 1. The van der Waals surface area contributed by atoms with Crippen molar-refractivity contribution in [3.8, 4) is 11.1 Å². The number of aromatic nitrogens is 1. The molecule has 0 unspecified atom stereocenters. The summed E-state index contributed by atoms with van der Waals surface area (Å²) < 4.78 is 10.4. The molecule has 10 heteroatoms. The number of hydrogen-bond acceptors (Lipinski definition) is 7. The van der Waals surface area contributed by atoms with Gasteiger partial charge in [-0.05, 0) is 22.3 Å². The number of fused-ring (bicyclic) bond motifs is 3. The Morgan fingerprint density at radius 2 is 1.70 bits per heavy atom. The van der Waals surface area contributed by atoms with E-state index < -0.39 is 30.6 Å². The molecule has 1 aliphatic carbocycles. The molecule has 4 rings (SSSR count). The van der Waals surface area contributed by atoms with Gasteiger partial charge in [0.1, 0.15) is 6.61 Å². The molecule has 1 aromatic heterocycles. The Balaban J connectivity index is 1.31. The maximum absolute atomic E-state index is 12.2. The largest absolute Gasteiger partial charge is 0.480 e. The van der Waals surface area contributed by atoms with Crippen molar-refractivity contribution < 1.29 is 33.9 Å². The molecule has 1 aliphatic rings. The van der Waals surface area contributed by atoms with Crippen molar-refractivity contribution in [1.29, 1.82) is 0 Å². The van der Waals surface area contributed by atoms with Crippen LogP contribution in [0.5, 0.6) is 0 Å². The molecule has 3 aromatic rings. The van der Waals surface area contributed by atoms with E-state index in [1.54, 1.807) is 0 Å². The number of aliphatic hydroxyl groups excluding tert-OH is 1. The standard InChI is InChI=1S/C23H21N3O7/c27-11-20(22(29)30)25-21(28)19-9-13(33-26-19)10-24-23(31)32-12-18-16-7-3-1-5-14(16)15-6-2-4-8-17(15)18/h1-9,18,20,27H,10-12H2,(H,24,31)(H,25,28)(H,29,30)/t20-/m0/s1. The van der Waals surface area contributed by atoms with Gasteiger partial charge >= 0.3 is 12.1 Å². The fourth-order valence-electron chi connectivity index (χ4n) is 3.73. The Hall–Kier alpha value is -4.18. The minimum absolute atomic E-state index is 0.0718. The second-order valence-electron chi connectivity index (χ2n) is 7.40. The SMILES string of the molecule is O=C(NCc1cc(C(=O)N[C@@H](CO)C(=O)O)no1)OCC1c2ccccc2-c2ccccc21. The number of benzene rings is 2. The van der Waals surface area contributed by atoms with Crippen molar-refractivity contribution in [2.45, 2.75) is 18.5 Å². The zero-order chi connectivity index (χ0) is 23.4. The first-order valence-electron chi connectivity index (χ1n) is 10.2. The summed E-state index contributed by atoms with van der Waals surface area (Å²) in [5.41, 5.74) is 4.26. The lowest BCUT2D eigenvalue weighted by Crippen LogP contribution is -2.43. The molecule has 0 saturated carbocycles. The van der Waals surface area contributed by atoms with Crippen LogP contribution in [0.15, 0.2) is 59.1 Å². The number of carboxylic acid groups (broad SMARTS) is 1. The van der Waals surface area contributed by atoms with Crippen LogP contribution in [0.3, 0.4) is 0 Å². The molecule has 10 nitrogen and oxygen atoms in total. The smallest absolute Gasteiger partial charge is 0.407 e. The van der Waals surface area contributed by atoms with E-state index in [9.17, 15) is 14.4 Å². The summed E-state index contributed by atoms with van der Waals surface area (Å²) in [5, 5.41) is 26.0. The van der Waals surface area contributed by atoms with Gasteiger partial charge < -0.3 is 30.1 Å². The Labute approximate surface area is 188 Å². The van der Waals surface area contributed by atoms with Crippen molar-refractivity contribution in [1.82, 2.24) is 15.8 Å². The topological polar surface area (TPSA) is 151 Å². The van der Waals surface area contributed by atoms with Crippen LogP contribution in [0.2, 0.25) is 0 Å². The van der Waals surface area contributed by atoms with E-state index in [-0.39, 0.29) is 30.5 Å². The van der Waals surface area contributed by atoms with Gasteiger partial charge in [0, 0.05) is 12.0 Å². The quantitative estimate of drug-likeness (QED) is 0.405. The van der Waals surface area contributed by atoms with Crippen LogP contribution in [0.25, 0.3) is 11.1 Å². The first-order chi connectivity index (χ1) is 16.0. The number of ether oxygens (including phenoxy) is 1. The summed E-state index contributed by atoms with van der Waals surface area (Å²) in [6.07, 6.45) is -0.662. The van der Waals surface area contributed by atoms with Crippen molar-refractivity contribution in [3.05, 3.63) is 77.2 Å². The third kappa shape index (κ3) is 4.70. The molecule has 33 heavy (non-hydrogen) atoms. The van der Waals surface area contributed by atoms with Crippen molar-refractivity contribution in [2.24, 2.45) is 0 Å².